The summed E-state index contributed by atoms with van der Waals surface area (Å²) >= 11 is 0. The van der Waals surface area contributed by atoms with E-state index in [0.29, 0.717) is 32.0 Å². The van der Waals surface area contributed by atoms with Gasteiger partial charge in [-0.3, -0.25) is 9.69 Å². The fraction of sp³-hybridized carbons (Fsp3) is 0.500. The van der Waals surface area contributed by atoms with Gasteiger partial charge in [-0.15, -0.1) is 0 Å². The first-order valence-electron chi connectivity index (χ1n) is 12.1. The van der Waals surface area contributed by atoms with Gasteiger partial charge in [0.05, 0.1) is 10.8 Å². The van der Waals surface area contributed by atoms with E-state index in [9.17, 15) is 13.2 Å². The number of nitrogens with one attached hydrogen (secondary N) is 1. The second-order valence-electron chi connectivity index (χ2n) is 9.36. The first-order chi connectivity index (χ1) is 15.9. The van der Waals surface area contributed by atoms with Crippen LogP contribution in [0.3, 0.4) is 0 Å². The Labute approximate surface area is 198 Å². The Balaban J connectivity index is 1.29. The number of nitrogens with zero attached hydrogens (tertiary/aromatic N) is 2. The number of hydrogen-bond donors (Lipinski definition) is 1. The molecule has 1 N–H and O–H groups in total. The molecule has 1 amide bonds. The van der Waals surface area contributed by atoms with Gasteiger partial charge < -0.3 is 5.32 Å². The minimum Gasteiger partial charge on any atom is -0.352 e. The second kappa shape index (κ2) is 10.8. The summed E-state index contributed by atoms with van der Waals surface area (Å²) in [5.74, 6) is -0.397. The summed E-state index contributed by atoms with van der Waals surface area (Å²) in [6, 6.07) is 17.6. The molecule has 0 aromatic heterocycles. The highest BCUT2D eigenvalue weighted by molar-refractivity contribution is 7.89. The molecule has 2 aromatic carbocycles. The van der Waals surface area contributed by atoms with Crippen molar-refractivity contribution < 1.29 is 13.2 Å². The Morgan fingerprint density at radius 2 is 1.67 bits per heavy atom. The van der Waals surface area contributed by atoms with Gasteiger partial charge in [0.2, 0.25) is 15.9 Å². The zero-order chi connectivity index (χ0) is 23.3. The summed E-state index contributed by atoms with van der Waals surface area (Å²) in [6.45, 7) is 5.59. The van der Waals surface area contributed by atoms with Crippen LogP contribution in [0, 0.1) is 5.92 Å². The molecule has 2 unspecified atom stereocenters. The summed E-state index contributed by atoms with van der Waals surface area (Å²) in [5.41, 5.74) is 2.36. The maximum absolute atomic E-state index is 12.9. The van der Waals surface area contributed by atoms with Gasteiger partial charge in [0, 0.05) is 32.2 Å². The van der Waals surface area contributed by atoms with E-state index in [-0.39, 0.29) is 23.3 Å². The van der Waals surface area contributed by atoms with E-state index >= 15 is 0 Å². The van der Waals surface area contributed by atoms with Gasteiger partial charge in [0.1, 0.15) is 0 Å². The second-order valence-corrected chi connectivity index (χ2v) is 11.3. The Bertz CT molecular complexity index is 1020. The van der Waals surface area contributed by atoms with Crippen molar-refractivity contribution >= 4 is 15.9 Å². The van der Waals surface area contributed by atoms with Crippen LogP contribution in [0.4, 0.5) is 0 Å². The number of rotatable bonds is 7. The molecule has 6 nitrogen and oxygen atoms in total. The van der Waals surface area contributed by atoms with Crippen molar-refractivity contribution in [3.8, 4) is 0 Å². The number of carbonyl (C=O) groups excluding carboxylic acids is 1. The fourth-order valence-corrected chi connectivity index (χ4v) is 6.38. The van der Waals surface area contributed by atoms with Crippen LogP contribution < -0.4 is 5.32 Å². The Morgan fingerprint density at radius 3 is 2.39 bits per heavy atom. The molecule has 2 saturated heterocycles. The number of sulfonamides is 1. The number of likely N-dealkylation sites (tertiary alicyclic amines) is 1. The Morgan fingerprint density at radius 1 is 0.939 bits per heavy atom. The zero-order valence-corrected chi connectivity index (χ0v) is 20.3. The van der Waals surface area contributed by atoms with Crippen molar-refractivity contribution in [3.05, 3.63) is 65.7 Å². The van der Waals surface area contributed by atoms with E-state index in [1.54, 1.807) is 30.3 Å². The molecule has 0 spiro atoms. The monoisotopic (exact) mass is 469 g/mol. The molecule has 2 heterocycles. The molecule has 2 atom stereocenters. The lowest BCUT2D eigenvalue weighted by Gasteiger charge is -2.33. The van der Waals surface area contributed by atoms with Crippen LogP contribution in [0.5, 0.6) is 0 Å². The zero-order valence-electron chi connectivity index (χ0n) is 19.4. The average molecular weight is 470 g/mol. The molecule has 4 rings (SSSR count). The van der Waals surface area contributed by atoms with Crippen molar-refractivity contribution in [2.75, 3.05) is 19.6 Å². The normalized spacial score (nSPS) is 22.7. The highest BCUT2D eigenvalue weighted by atomic mass is 32.2. The lowest BCUT2D eigenvalue weighted by molar-refractivity contribution is -0.126. The first kappa shape index (κ1) is 23.9. The fourth-order valence-electron chi connectivity index (χ4n) is 4.84. The molecule has 7 heteroatoms. The minimum atomic E-state index is -3.57. The van der Waals surface area contributed by atoms with Gasteiger partial charge in [-0.05, 0) is 62.4 Å². The van der Waals surface area contributed by atoms with E-state index in [2.05, 4.69) is 41.4 Å². The minimum absolute atomic E-state index is 0.0748. The highest BCUT2D eigenvalue weighted by Crippen LogP contribution is 2.24. The van der Waals surface area contributed by atoms with Gasteiger partial charge in [0.15, 0.2) is 0 Å². The summed E-state index contributed by atoms with van der Waals surface area (Å²) in [6.07, 6.45) is 5.27. The molecule has 0 saturated carbocycles. The number of hydrogen-bond acceptors (Lipinski definition) is 4. The molecule has 2 aliphatic rings. The van der Waals surface area contributed by atoms with Crippen molar-refractivity contribution in [2.24, 2.45) is 5.92 Å². The van der Waals surface area contributed by atoms with Crippen LogP contribution in [0.1, 0.15) is 50.2 Å². The van der Waals surface area contributed by atoms with Crippen LogP contribution >= 0.6 is 0 Å². The van der Waals surface area contributed by atoms with Gasteiger partial charge >= 0.3 is 0 Å². The summed E-state index contributed by atoms with van der Waals surface area (Å²) < 4.78 is 27.3. The largest absolute Gasteiger partial charge is 0.352 e. The number of benzene rings is 2. The lowest BCUT2D eigenvalue weighted by atomic mass is 9.98. The van der Waals surface area contributed by atoms with Crippen LogP contribution in [0.15, 0.2) is 59.5 Å². The van der Waals surface area contributed by atoms with Crippen LogP contribution in [-0.2, 0) is 27.9 Å². The van der Waals surface area contributed by atoms with Gasteiger partial charge in [-0.2, -0.15) is 4.31 Å². The summed E-state index contributed by atoms with van der Waals surface area (Å²) in [5, 5.41) is 3.02. The molecule has 178 valence electrons. The van der Waals surface area contributed by atoms with E-state index < -0.39 is 10.0 Å². The van der Waals surface area contributed by atoms with Gasteiger partial charge in [0.25, 0.3) is 0 Å². The summed E-state index contributed by atoms with van der Waals surface area (Å²) in [7, 11) is -3.57. The smallest absolute Gasteiger partial charge is 0.243 e. The topological polar surface area (TPSA) is 69.7 Å². The quantitative estimate of drug-likeness (QED) is 0.670. The third kappa shape index (κ3) is 6.02. The predicted octanol–water partition coefficient (Wildman–Crippen LogP) is 3.78. The SMILES string of the molecule is CC1CCCCN1Cc1ccc(CNC(=O)C2CCCN(S(=O)(=O)c3ccccc3)C2)cc1. The van der Waals surface area contributed by atoms with E-state index in [0.717, 1.165) is 18.7 Å². The van der Waals surface area contributed by atoms with Crippen LogP contribution in [-0.4, -0.2) is 49.2 Å². The van der Waals surface area contributed by atoms with Crippen molar-refractivity contribution in [1.29, 1.82) is 0 Å². The molecule has 0 aliphatic carbocycles. The maximum atomic E-state index is 12.9. The highest BCUT2D eigenvalue weighted by Gasteiger charge is 2.33. The Hall–Kier alpha value is -2.22. The molecule has 33 heavy (non-hydrogen) atoms. The van der Waals surface area contributed by atoms with Crippen molar-refractivity contribution in [2.45, 2.75) is 63.1 Å². The van der Waals surface area contributed by atoms with Gasteiger partial charge in [-0.25, -0.2) is 8.42 Å². The van der Waals surface area contributed by atoms with E-state index in [1.807, 2.05) is 0 Å². The molecule has 0 bridgehead atoms. The van der Waals surface area contributed by atoms with Gasteiger partial charge in [-0.1, -0.05) is 48.9 Å². The van der Waals surface area contributed by atoms with E-state index in [4.69, 9.17) is 0 Å². The number of carbonyl (C=O) groups is 1. The van der Waals surface area contributed by atoms with Crippen LogP contribution in [0.2, 0.25) is 0 Å². The van der Waals surface area contributed by atoms with Crippen molar-refractivity contribution in [3.63, 3.8) is 0 Å². The number of amides is 1. The molecule has 0 radical (unpaired) electrons. The first-order valence-corrected chi connectivity index (χ1v) is 13.5. The Kier molecular flexibility index (Phi) is 7.83. The predicted molar refractivity (Wildman–Crippen MR) is 130 cm³/mol. The molecular weight excluding hydrogens is 434 g/mol. The third-order valence-electron chi connectivity index (χ3n) is 6.95. The molecule has 2 aliphatic heterocycles. The van der Waals surface area contributed by atoms with E-state index in [1.165, 1.54) is 29.1 Å². The molecule has 2 aromatic rings. The summed E-state index contributed by atoms with van der Waals surface area (Å²) in [4.78, 5) is 15.6. The molecule has 2 fully saturated rings. The van der Waals surface area contributed by atoms with Crippen LogP contribution in [0.25, 0.3) is 0 Å². The number of piperidine rings is 2. The standard InChI is InChI=1S/C26H35N3O3S/c1-21-8-5-6-16-28(21)19-23-14-12-22(13-15-23)18-27-26(30)24-9-7-17-29(20-24)33(31,32)25-10-3-2-4-11-25/h2-4,10-15,21,24H,5-9,16-20H2,1H3,(H,27,30). The third-order valence-corrected chi connectivity index (χ3v) is 8.83. The average Bonchev–Trinajstić information content (AvgIpc) is 2.85. The molecular formula is C26H35N3O3S. The lowest BCUT2D eigenvalue weighted by Crippen LogP contribution is -2.45. The van der Waals surface area contributed by atoms with Crippen molar-refractivity contribution in [1.82, 2.24) is 14.5 Å². The maximum Gasteiger partial charge on any atom is 0.243 e.